The first kappa shape index (κ1) is 18.7. The van der Waals surface area contributed by atoms with Crippen molar-refractivity contribution >= 4 is 0 Å². The van der Waals surface area contributed by atoms with Gasteiger partial charge in [0.15, 0.2) is 0 Å². The van der Waals surface area contributed by atoms with E-state index in [4.69, 9.17) is 14.1 Å². The van der Waals surface area contributed by atoms with Crippen LogP contribution in [0.15, 0.2) is 53.2 Å². The van der Waals surface area contributed by atoms with E-state index in [2.05, 4.69) is 9.88 Å². The van der Waals surface area contributed by atoms with Crippen molar-refractivity contribution in [3.05, 3.63) is 65.8 Å². The molecule has 1 aliphatic heterocycles. The number of hydrogen-bond acceptors (Lipinski definition) is 6. The second-order valence-corrected chi connectivity index (χ2v) is 7.33. The Morgan fingerprint density at radius 3 is 2.61 bits per heavy atom. The van der Waals surface area contributed by atoms with Gasteiger partial charge in [0.25, 0.3) is 0 Å². The van der Waals surface area contributed by atoms with Crippen LogP contribution in [0.2, 0.25) is 0 Å². The van der Waals surface area contributed by atoms with Crippen LogP contribution in [0.25, 0.3) is 11.5 Å². The summed E-state index contributed by atoms with van der Waals surface area (Å²) in [4.78, 5) is 11.0. The Morgan fingerprint density at radius 1 is 1.14 bits per heavy atom. The third-order valence-corrected chi connectivity index (χ3v) is 5.33. The largest absolute Gasteiger partial charge is 0.497 e. The number of benzene rings is 1. The quantitative estimate of drug-likeness (QED) is 0.710. The molecule has 3 heterocycles. The normalized spacial score (nSPS) is 19.8. The number of oxazole rings is 1. The van der Waals surface area contributed by atoms with Crippen molar-refractivity contribution < 1.29 is 14.3 Å². The van der Waals surface area contributed by atoms with Gasteiger partial charge in [0.2, 0.25) is 5.89 Å². The van der Waals surface area contributed by atoms with E-state index in [0.717, 1.165) is 35.7 Å². The average molecular weight is 379 g/mol. The van der Waals surface area contributed by atoms with E-state index in [1.165, 1.54) is 5.56 Å². The van der Waals surface area contributed by atoms with E-state index in [-0.39, 0.29) is 12.0 Å². The van der Waals surface area contributed by atoms with Crippen LogP contribution >= 0.6 is 0 Å². The molecule has 2 aromatic heterocycles. The molecular weight excluding hydrogens is 354 g/mol. The Hall–Kier alpha value is -2.70. The zero-order valence-electron chi connectivity index (χ0n) is 16.2. The lowest BCUT2D eigenvalue weighted by Crippen LogP contribution is -2.22. The average Bonchev–Trinajstić information content (AvgIpc) is 3.25. The third-order valence-electron chi connectivity index (χ3n) is 5.33. The topological polar surface area (TPSA) is 71.6 Å². The van der Waals surface area contributed by atoms with Gasteiger partial charge in [-0.2, -0.15) is 0 Å². The maximum absolute atomic E-state index is 10.5. The van der Waals surface area contributed by atoms with Gasteiger partial charge >= 0.3 is 0 Å². The van der Waals surface area contributed by atoms with Crippen LogP contribution < -0.4 is 4.74 Å². The molecule has 1 aromatic carbocycles. The highest BCUT2D eigenvalue weighted by molar-refractivity contribution is 5.55. The SMILES string of the molecule is COc1ccc(-c2nc(CN3C[C@@H](Cc4ccncc4)[C@H](O)C3)c(C)o2)cc1. The first-order valence-electron chi connectivity index (χ1n) is 9.52. The summed E-state index contributed by atoms with van der Waals surface area (Å²) >= 11 is 0. The molecule has 1 aliphatic rings. The number of methoxy groups -OCH3 is 1. The van der Waals surface area contributed by atoms with Crippen LogP contribution in [0.5, 0.6) is 5.75 Å². The number of ether oxygens (including phenoxy) is 1. The van der Waals surface area contributed by atoms with E-state index in [1.54, 1.807) is 19.5 Å². The fraction of sp³-hybridized carbons (Fsp3) is 0.364. The molecule has 2 atom stereocenters. The van der Waals surface area contributed by atoms with Gasteiger partial charge in [-0.15, -0.1) is 0 Å². The van der Waals surface area contributed by atoms with Crippen LogP contribution in [-0.4, -0.2) is 46.3 Å². The molecule has 28 heavy (non-hydrogen) atoms. The Morgan fingerprint density at radius 2 is 1.89 bits per heavy atom. The van der Waals surface area contributed by atoms with E-state index in [0.29, 0.717) is 19.0 Å². The number of rotatable bonds is 6. The van der Waals surface area contributed by atoms with Gasteiger partial charge in [-0.1, -0.05) is 0 Å². The van der Waals surface area contributed by atoms with Gasteiger partial charge < -0.3 is 14.3 Å². The molecule has 146 valence electrons. The van der Waals surface area contributed by atoms with Crippen molar-refractivity contribution in [2.75, 3.05) is 20.2 Å². The number of aryl methyl sites for hydroxylation is 1. The van der Waals surface area contributed by atoms with Gasteiger partial charge in [0.1, 0.15) is 11.5 Å². The Bertz CT molecular complexity index is 909. The van der Waals surface area contributed by atoms with Crippen molar-refractivity contribution in [3.8, 4) is 17.2 Å². The van der Waals surface area contributed by atoms with Crippen molar-refractivity contribution in [1.82, 2.24) is 14.9 Å². The molecule has 6 nitrogen and oxygen atoms in total. The van der Waals surface area contributed by atoms with Gasteiger partial charge in [-0.3, -0.25) is 9.88 Å². The van der Waals surface area contributed by atoms with Crippen LogP contribution in [0.1, 0.15) is 17.0 Å². The summed E-state index contributed by atoms with van der Waals surface area (Å²) in [5.74, 6) is 2.45. The number of aliphatic hydroxyl groups excluding tert-OH is 1. The molecule has 0 saturated carbocycles. The summed E-state index contributed by atoms with van der Waals surface area (Å²) < 4.78 is 11.1. The molecule has 1 fully saturated rings. The summed E-state index contributed by atoms with van der Waals surface area (Å²) in [5, 5.41) is 10.5. The number of nitrogens with zero attached hydrogens (tertiary/aromatic N) is 3. The van der Waals surface area contributed by atoms with Crippen LogP contribution in [-0.2, 0) is 13.0 Å². The van der Waals surface area contributed by atoms with E-state index < -0.39 is 0 Å². The van der Waals surface area contributed by atoms with Crippen LogP contribution in [0, 0.1) is 12.8 Å². The Kier molecular flexibility index (Phi) is 5.41. The molecule has 0 aliphatic carbocycles. The minimum atomic E-state index is -0.332. The number of β-amino-alcohol motifs (C(OH)–C–C–N with tert-alkyl or cyclic N) is 1. The zero-order chi connectivity index (χ0) is 19.5. The number of hydrogen-bond donors (Lipinski definition) is 1. The highest BCUT2D eigenvalue weighted by Crippen LogP contribution is 2.27. The lowest BCUT2D eigenvalue weighted by atomic mass is 9.97. The molecule has 4 rings (SSSR count). The first-order chi connectivity index (χ1) is 13.6. The van der Waals surface area contributed by atoms with Gasteiger partial charge in [-0.25, -0.2) is 4.98 Å². The molecule has 1 saturated heterocycles. The van der Waals surface area contributed by atoms with Crippen molar-refractivity contribution in [2.24, 2.45) is 5.92 Å². The molecule has 1 N–H and O–H groups in total. The monoisotopic (exact) mass is 379 g/mol. The Balaban J connectivity index is 1.42. The minimum Gasteiger partial charge on any atom is -0.497 e. The standard InChI is InChI=1S/C22H25N3O3/c1-15-20(24-22(28-15)17-3-5-19(27-2)6-4-17)13-25-12-18(21(26)14-25)11-16-7-9-23-10-8-16/h3-10,18,21,26H,11-14H2,1-2H3/t18-,21-/m1/s1. The Labute approximate surface area is 164 Å². The summed E-state index contributed by atoms with van der Waals surface area (Å²) in [5.41, 5.74) is 3.05. The summed E-state index contributed by atoms with van der Waals surface area (Å²) in [6, 6.07) is 11.7. The summed E-state index contributed by atoms with van der Waals surface area (Å²) in [6.07, 6.45) is 4.12. The molecule has 0 bridgehead atoms. The molecule has 0 radical (unpaired) electrons. The maximum Gasteiger partial charge on any atom is 0.226 e. The smallest absolute Gasteiger partial charge is 0.226 e. The third kappa shape index (κ3) is 4.08. The van der Waals surface area contributed by atoms with E-state index in [9.17, 15) is 5.11 Å². The number of aromatic nitrogens is 2. The maximum atomic E-state index is 10.5. The fourth-order valence-electron chi connectivity index (χ4n) is 3.74. The number of likely N-dealkylation sites (tertiary alicyclic amines) is 1. The molecule has 0 amide bonds. The molecule has 0 unspecified atom stereocenters. The van der Waals surface area contributed by atoms with Crippen LogP contribution in [0.3, 0.4) is 0 Å². The van der Waals surface area contributed by atoms with Gasteiger partial charge in [-0.05, 0) is 55.3 Å². The lowest BCUT2D eigenvalue weighted by Gasteiger charge is -2.14. The fourth-order valence-corrected chi connectivity index (χ4v) is 3.74. The van der Waals surface area contributed by atoms with Crippen LogP contribution in [0.4, 0.5) is 0 Å². The second-order valence-electron chi connectivity index (χ2n) is 7.33. The molecule has 6 heteroatoms. The predicted octanol–water partition coefficient (Wildman–Crippen LogP) is 3.09. The zero-order valence-corrected chi connectivity index (χ0v) is 16.2. The van der Waals surface area contributed by atoms with Gasteiger partial charge in [0, 0.05) is 43.5 Å². The first-order valence-corrected chi connectivity index (χ1v) is 9.52. The molecule has 0 spiro atoms. The van der Waals surface area contributed by atoms with Crippen molar-refractivity contribution in [1.29, 1.82) is 0 Å². The predicted molar refractivity (Wildman–Crippen MR) is 106 cm³/mol. The second kappa shape index (κ2) is 8.12. The lowest BCUT2D eigenvalue weighted by molar-refractivity contribution is 0.141. The number of pyridine rings is 1. The minimum absolute atomic E-state index is 0.218. The molecule has 3 aromatic rings. The van der Waals surface area contributed by atoms with E-state index >= 15 is 0 Å². The van der Waals surface area contributed by atoms with Crippen molar-refractivity contribution in [3.63, 3.8) is 0 Å². The van der Waals surface area contributed by atoms with E-state index in [1.807, 2.05) is 43.3 Å². The van der Waals surface area contributed by atoms with Crippen molar-refractivity contribution in [2.45, 2.75) is 26.0 Å². The summed E-state index contributed by atoms with van der Waals surface area (Å²) in [6.45, 7) is 4.11. The summed E-state index contributed by atoms with van der Waals surface area (Å²) in [7, 11) is 1.65. The number of aliphatic hydroxyl groups is 1. The molecular formula is C22H25N3O3. The highest BCUT2D eigenvalue weighted by Gasteiger charge is 2.32. The van der Waals surface area contributed by atoms with Gasteiger partial charge in [0.05, 0.1) is 18.9 Å². The highest BCUT2D eigenvalue weighted by atomic mass is 16.5.